The van der Waals surface area contributed by atoms with E-state index in [2.05, 4.69) is 10.2 Å². The predicted molar refractivity (Wildman–Crippen MR) is 75.0 cm³/mol. The number of hydrogen-bond acceptors (Lipinski definition) is 3. The van der Waals surface area contributed by atoms with Crippen LogP contribution in [-0.2, 0) is 0 Å². The Morgan fingerprint density at radius 3 is 2.60 bits per heavy atom. The zero-order chi connectivity index (χ0) is 14.1. The Morgan fingerprint density at radius 1 is 1.20 bits per heavy atom. The third-order valence-corrected chi connectivity index (χ3v) is 3.18. The molecule has 5 heteroatoms. The van der Waals surface area contributed by atoms with Crippen molar-refractivity contribution in [3.63, 3.8) is 0 Å². The largest absolute Gasteiger partial charge is 0.497 e. The van der Waals surface area contributed by atoms with E-state index in [-0.39, 0.29) is 5.56 Å². The zero-order valence-electron chi connectivity index (χ0n) is 10.8. The van der Waals surface area contributed by atoms with E-state index in [4.69, 9.17) is 9.84 Å². The molecule has 0 atom stereocenters. The Balaban J connectivity index is 2.11. The summed E-state index contributed by atoms with van der Waals surface area (Å²) >= 11 is 0. The van der Waals surface area contributed by atoms with E-state index in [1.54, 1.807) is 31.4 Å². The Hall–Kier alpha value is -2.82. The van der Waals surface area contributed by atoms with Gasteiger partial charge in [-0.1, -0.05) is 12.1 Å². The number of methoxy groups -OCH3 is 1. The van der Waals surface area contributed by atoms with Gasteiger partial charge in [0.1, 0.15) is 11.4 Å². The first kappa shape index (κ1) is 12.2. The number of aromatic nitrogens is 2. The van der Waals surface area contributed by atoms with Gasteiger partial charge in [0, 0.05) is 10.9 Å². The Bertz CT molecular complexity index is 775. The number of hydrogen-bond donors (Lipinski definition) is 2. The molecular formula is C15H12N2O3. The van der Waals surface area contributed by atoms with Crippen molar-refractivity contribution in [2.24, 2.45) is 0 Å². The fraction of sp³-hybridized carbons (Fsp3) is 0.0667. The molecule has 0 aliphatic carbocycles. The molecule has 0 bridgehead atoms. The number of carboxylic acid groups (broad SMARTS) is 1. The maximum absolute atomic E-state index is 10.9. The minimum atomic E-state index is -0.940. The fourth-order valence-corrected chi connectivity index (χ4v) is 2.11. The van der Waals surface area contributed by atoms with Crippen LogP contribution in [0.25, 0.3) is 22.2 Å². The van der Waals surface area contributed by atoms with Gasteiger partial charge in [0.2, 0.25) is 0 Å². The van der Waals surface area contributed by atoms with E-state index in [1.807, 2.05) is 18.2 Å². The third-order valence-electron chi connectivity index (χ3n) is 3.18. The van der Waals surface area contributed by atoms with Gasteiger partial charge in [0.15, 0.2) is 0 Å². The number of ether oxygens (including phenoxy) is 1. The van der Waals surface area contributed by atoms with Crippen molar-refractivity contribution in [3.05, 3.63) is 48.0 Å². The third kappa shape index (κ3) is 1.99. The van der Waals surface area contributed by atoms with Crippen LogP contribution in [0, 0.1) is 0 Å². The molecular weight excluding hydrogens is 256 g/mol. The van der Waals surface area contributed by atoms with Crippen molar-refractivity contribution in [1.29, 1.82) is 0 Å². The van der Waals surface area contributed by atoms with E-state index in [0.29, 0.717) is 0 Å². The van der Waals surface area contributed by atoms with Crippen LogP contribution in [0.5, 0.6) is 5.75 Å². The summed E-state index contributed by atoms with van der Waals surface area (Å²) < 4.78 is 5.21. The molecule has 0 aliphatic heterocycles. The predicted octanol–water partition coefficient (Wildman–Crippen LogP) is 2.94. The van der Waals surface area contributed by atoms with E-state index < -0.39 is 5.97 Å². The van der Waals surface area contributed by atoms with Gasteiger partial charge in [-0.15, -0.1) is 0 Å². The number of aromatic carboxylic acids is 1. The molecule has 0 saturated carbocycles. The molecule has 0 saturated heterocycles. The number of H-pyrrole nitrogens is 1. The summed E-state index contributed by atoms with van der Waals surface area (Å²) in [6.07, 6.45) is 0. The highest BCUT2D eigenvalue weighted by molar-refractivity contribution is 5.94. The van der Waals surface area contributed by atoms with Crippen LogP contribution < -0.4 is 4.74 Å². The average Bonchev–Trinajstić information content (AvgIpc) is 2.90. The number of carboxylic acids is 1. The SMILES string of the molecule is COc1ccc2[nH]nc(-c3ccc(C(=O)O)cc3)c2c1. The summed E-state index contributed by atoms with van der Waals surface area (Å²) in [7, 11) is 1.61. The molecule has 3 rings (SSSR count). The van der Waals surface area contributed by atoms with Gasteiger partial charge in [-0.3, -0.25) is 5.10 Å². The average molecular weight is 268 g/mol. The van der Waals surface area contributed by atoms with Gasteiger partial charge in [0.05, 0.1) is 18.2 Å². The second-order valence-corrected chi connectivity index (χ2v) is 4.37. The number of carbonyl (C=O) groups is 1. The van der Waals surface area contributed by atoms with Gasteiger partial charge in [-0.25, -0.2) is 4.79 Å². The molecule has 0 fully saturated rings. The van der Waals surface area contributed by atoms with Gasteiger partial charge >= 0.3 is 5.97 Å². The van der Waals surface area contributed by atoms with Crippen LogP contribution >= 0.6 is 0 Å². The molecule has 0 amide bonds. The fourth-order valence-electron chi connectivity index (χ4n) is 2.11. The van der Waals surface area contributed by atoms with Crippen molar-refractivity contribution < 1.29 is 14.6 Å². The van der Waals surface area contributed by atoms with Crippen molar-refractivity contribution in [2.45, 2.75) is 0 Å². The lowest BCUT2D eigenvalue weighted by Gasteiger charge is -2.01. The Labute approximate surface area is 114 Å². The minimum absolute atomic E-state index is 0.256. The van der Waals surface area contributed by atoms with Crippen molar-refractivity contribution in [1.82, 2.24) is 10.2 Å². The van der Waals surface area contributed by atoms with Gasteiger partial charge in [-0.05, 0) is 30.3 Å². The standard InChI is InChI=1S/C15H12N2O3/c1-20-11-6-7-13-12(8-11)14(17-16-13)9-2-4-10(5-3-9)15(18)19/h2-8H,1H3,(H,16,17)(H,18,19). The molecule has 1 heterocycles. The van der Waals surface area contributed by atoms with Crippen LogP contribution in [-0.4, -0.2) is 28.4 Å². The molecule has 0 aliphatic rings. The Morgan fingerprint density at radius 2 is 1.95 bits per heavy atom. The van der Waals surface area contributed by atoms with Crippen molar-refractivity contribution >= 4 is 16.9 Å². The monoisotopic (exact) mass is 268 g/mol. The maximum atomic E-state index is 10.9. The lowest BCUT2D eigenvalue weighted by Crippen LogP contribution is -1.95. The second-order valence-electron chi connectivity index (χ2n) is 4.37. The molecule has 0 spiro atoms. The summed E-state index contributed by atoms with van der Waals surface area (Å²) in [5, 5.41) is 17.1. The van der Waals surface area contributed by atoms with E-state index in [9.17, 15) is 4.79 Å². The molecule has 2 N–H and O–H groups in total. The van der Waals surface area contributed by atoms with E-state index in [0.717, 1.165) is 27.9 Å². The molecule has 2 aromatic carbocycles. The molecule has 1 aromatic heterocycles. The number of fused-ring (bicyclic) bond motifs is 1. The van der Waals surface area contributed by atoms with Gasteiger partial charge in [-0.2, -0.15) is 5.10 Å². The van der Waals surface area contributed by atoms with Crippen LogP contribution in [0.15, 0.2) is 42.5 Å². The molecule has 5 nitrogen and oxygen atoms in total. The quantitative estimate of drug-likeness (QED) is 0.765. The number of benzene rings is 2. The topological polar surface area (TPSA) is 75.2 Å². The zero-order valence-corrected chi connectivity index (χ0v) is 10.8. The van der Waals surface area contributed by atoms with Crippen LogP contribution in [0.2, 0.25) is 0 Å². The van der Waals surface area contributed by atoms with Gasteiger partial charge in [0.25, 0.3) is 0 Å². The maximum Gasteiger partial charge on any atom is 0.335 e. The summed E-state index contributed by atoms with van der Waals surface area (Å²) in [6.45, 7) is 0. The molecule has 0 unspecified atom stereocenters. The summed E-state index contributed by atoms with van der Waals surface area (Å²) in [5.41, 5.74) is 2.79. The van der Waals surface area contributed by atoms with E-state index >= 15 is 0 Å². The Kier molecular flexibility index (Phi) is 2.87. The number of aromatic amines is 1. The number of rotatable bonds is 3. The molecule has 3 aromatic rings. The van der Waals surface area contributed by atoms with Crippen LogP contribution in [0.1, 0.15) is 10.4 Å². The summed E-state index contributed by atoms with van der Waals surface area (Å²) in [6, 6.07) is 12.3. The van der Waals surface area contributed by atoms with Crippen molar-refractivity contribution in [3.8, 4) is 17.0 Å². The number of nitrogens with zero attached hydrogens (tertiary/aromatic N) is 1. The molecule has 20 heavy (non-hydrogen) atoms. The molecule has 0 radical (unpaired) electrons. The highest BCUT2D eigenvalue weighted by atomic mass is 16.5. The highest BCUT2D eigenvalue weighted by Crippen LogP contribution is 2.29. The normalized spacial score (nSPS) is 10.7. The van der Waals surface area contributed by atoms with Crippen LogP contribution in [0.4, 0.5) is 0 Å². The van der Waals surface area contributed by atoms with E-state index in [1.165, 1.54) is 0 Å². The first-order chi connectivity index (χ1) is 9.69. The first-order valence-corrected chi connectivity index (χ1v) is 6.05. The van der Waals surface area contributed by atoms with Crippen molar-refractivity contribution in [2.75, 3.05) is 7.11 Å². The smallest absolute Gasteiger partial charge is 0.335 e. The summed E-state index contributed by atoms with van der Waals surface area (Å²) in [4.78, 5) is 10.9. The highest BCUT2D eigenvalue weighted by Gasteiger charge is 2.10. The molecule has 100 valence electrons. The number of nitrogens with one attached hydrogen (secondary N) is 1. The van der Waals surface area contributed by atoms with Gasteiger partial charge < -0.3 is 9.84 Å². The minimum Gasteiger partial charge on any atom is -0.497 e. The summed E-state index contributed by atoms with van der Waals surface area (Å²) in [5.74, 6) is -0.188. The van der Waals surface area contributed by atoms with Crippen LogP contribution in [0.3, 0.4) is 0 Å². The first-order valence-electron chi connectivity index (χ1n) is 6.05. The lowest BCUT2D eigenvalue weighted by molar-refractivity contribution is 0.0697. The lowest BCUT2D eigenvalue weighted by atomic mass is 10.1. The second kappa shape index (κ2) is 4.70.